The third-order valence-electron chi connectivity index (χ3n) is 6.35. The lowest BCUT2D eigenvalue weighted by Gasteiger charge is -2.31. The maximum Gasteiger partial charge on any atom is 0.120 e. The average Bonchev–Trinajstić information content (AvgIpc) is 3.26. The Morgan fingerprint density at radius 3 is 2.42 bits per heavy atom. The van der Waals surface area contributed by atoms with E-state index in [1.165, 1.54) is 11.1 Å². The fraction of sp³-hybridized carbons (Fsp3) is 0.308. The van der Waals surface area contributed by atoms with Crippen molar-refractivity contribution in [1.29, 1.82) is 0 Å². The highest BCUT2D eigenvalue weighted by atomic mass is 16.3. The summed E-state index contributed by atoms with van der Waals surface area (Å²) in [7, 11) is 0. The number of H-pyrrole nitrogens is 1. The summed E-state index contributed by atoms with van der Waals surface area (Å²) in [6.07, 6.45) is 0. The van der Waals surface area contributed by atoms with Gasteiger partial charge in [-0.3, -0.25) is 10.00 Å². The number of aromatic amines is 1. The Hall–Kier alpha value is -3.18. The van der Waals surface area contributed by atoms with E-state index in [4.69, 9.17) is 0 Å². The van der Waals surface area contributed by atoms with E-state index < -0.39 is 0 Å². The maximum atomic E-state index is 11.0. The molecule has 5 nitrogen and oxygen atoms in total. The van der Waals surface area contributed by atoms with Crippen molar-refractivity contribution in [2.45, 2.75) is 39.7 Å². The van der Waals surface area contributed by atoms with Crippen LogP contribution in [-0.4, -0.2) is 38.5 Å². The van der Waals surface area contributed by atoms with E-state index in [0.29, 0.717) is 12.3 Å². The highest BCUT2D eigenvalue weighted by molar-refractivity contribution is 5.84. The van der Waals surface area contributed by atoms with Crippen LogP contribution in [0.5, 0.6) is 5.75 Å². The number of phenols is 1. The summed E-state index contributed by atoms with van der Waals surface area (Å²) < 4.78 is 0. The van der Waals surface area contributed by atoms with Crippen LogP contribution < -0.4 is 0 Å². The van der Waals surface area contributed by atoms with Crippen LogP contribution in [0.3, 0.4) is 0 Å². The molecule has 0 fully saturated rings. The van der Waals surface area contributed by atoms with Crippen LogP contribution in [0.1, 0.15) is 44.4 Å². The number of benzene rings is 3. The van der Waals surface area contributed by atoms with Crippen molar-refractivity contribution < 1.29 is 5.11 Å². The molecule has 0 aliphatic carbocycles. The first kappa shape index (κ1) is 21.1. The quantitative estimate of drug-likeness (QED) is 0.419. The van der Waals surface area contributed by atoms with Gasteiger partial charge >= 0.3 is 0 Å². The van der Waals surface area contributed by atoms with Crippen molar-refractivity contribution in [2.24, 2.45) is 0 Å². The van der Waals surface area contributed by atoms with Gasteiger partial charge in [0, 0.05) is 17.5 Å². The van der Waals surface area contributed by atoms with Crippen LogP contribution in [0, 0.1) is 0 Å². The molecule has 4 rings (SSSR count). The number of aromatic nitrogens is 3. The normalized spacial score (nSPS) is 12.0. The van der Waals surface area contributed by atoms with Gasteiger partial charge in [0.1, 0.15) is 11.3 Å². The lowest BCUT2D eigenvalue weighted by molar-refractivity contribution is 0.291. The highest BCUT2D eigenvalue weighted by Crippen LogP contribution is 2.43. The van der Waals surface area contributed by atoms with Gasteiger partial charge in [-0.2, -0.15) is 0 Å². The van der Waals surface area contributed by atoms with Gasteiger partial charge in [0.2, 0.25) is 0 Å². The van der Waals surface area contributed by atoms with Crippen molar-refractivity contribution in [1.82, 2.24) is 20.3 Å². The molecular weight excluding hydrogens is 384 g/mol. The number of nitrogens with one attached hydrogen (secondary N) is 1. The number of phenolic OH excluding ortho intramolecular Hbond substituents is 1. The molecule has 0 radical (unpaired) electrons. The molecule has 31 heavy (non-hydrogen) atoms. The van der Waals surface area contributed by atoms with Crippen LogP contribution in [0.2, 0.25) is 0 Å². The van der Waals surface area contributed by atoms with Gasteiger partial charge in [-0.25, -0.2) is 0 Å². The predicted octanol–water partition coefficient (Wildman–Crippen LogP) is 5.50. The van der Waals surface area contributed by atoms with Gasteiger partial charge in [-0.05, 0) is 53.5 Å². The second-order valence-corrected chi connectivity index (χ2v) is 8.48. The molecule has 0 unspecified atom stereocenters. The van der Waals surface area contributed by atoms with Crippen molar-refractivity contribution in [3.05, 3.63) is 77.4 Å². The Bertz CT molecular complexity index is 1180. The van der Waals surface area contributed by atoms with Crippen LogP contribution in [-0.2, 0) is 12.0 Å². The molecule has 0 bridgehead atoms. The fourth-order valence-corrected chi connectivity index (χ4v) is 4.33. The van der Waals surface area contributed by atoms with Crippen LogP contribution in [0.15, 0.2) is 60.7 Å². The molecule has 1 aromatic heterocycles. The van der Waals surface area contributed by atoms with Crippen molar-refractivity contribution in [3.63, 3.8) is 0 Å². The second kappa shape index (κ2) is 8.52. The standard InChI is InChI=1S/C26H30N4O/c1-5-30(6-2)17-20-24(31)15-13-21(26(3,4)19-10-8-7-9-11-19)25(20)18-12-14-22-23(16-18)28-29-27-22/h7-16,31H,5-6,17H2,1-4H3,(H,27,28,29). The molecule has 0 aliphatic rings. The van der Waals surface area contributed by atoms with E-state index in [9.17, 15) is 5.11 Å². The molecule has 1 heterocycles. The molecule has 160 valence electrons. The molecule has 0 spiro atoms. The zero-order valence-electron chi connectivity index (χ0n) is 18.7. The number of fused-ring (bicyclic) bond motifs is 1. The van der Waals surface area contributed by atoms with Crippen molar-refractivity contribution in [2.75, 3.05) is 13.1 Å². The molecule has 0 aliphatic heterocycles. The summed E-state index contributed by atoms with van der Waals surface area (Å²) in [6.45, 7) is 11.3. The Kier molecular flexibility index (Phi) is 5.79. The first-order valence-electron chi connectivity index (χ1n) is 10.9. The number of nitrogens with zero attached hydrogens (tertiary/aromatic N) is 3. The summed E-state index contributed by atoms with van der Waals surface area (Å²) in [5.74, 6) is 0.331. The monoisotopic (exact) mass is 414 g/mol. The van der Waals surface area contributed by atoms with Gasteiger partial charge < -0.3 is 5.11 Å². The van der Waals surface area contributed by atoms with E-state index >= 15 is 0 Å². The topological polar surface area (TPSA) is 65.0 Å². The minimum Gasteiger partial charge on any atom is -0.508 e. The summed E-state index contributed by atoms with van der Waals surface area (Å²) in [6, 6.07) is 20.6. The SMILES string of the molecule is CCN(CC)Cc1c(O)ccc(C(C)(C)c2ccccc2)c1-c1ccc2nn[nH]c2c1. The Morgan fingerprint density at radius 1 is 0.968 bits per heavy atom. The van der Waals surface area contributed by atoms with Gasteiger partial charge in [0.25, 0.3) is 0 Å². The predicted molar refractivity (Wildman–Crippen MR) is 126 cm³/mol. The molecule has 4 aromatic rings. The van der Waals surface area contributed by atoms with E-state index in [1.54, 1.807) is 0 Å². The summed E-state index contributed by atoms with van der Waals surface area (Å²) in [5, 5.41) is 22.0. The Morgan fingerprint density at radius 2 is 1.71 bits per heavy atom. The van der Waals surface area contributed by atoms with E-state index in [0.717, 1.165) is 40.8 Å². The van der Waals surface area contributed by atoms with Crippen LogP contribution in [0.25, 0.3) is 22.2 Å². The Labute approximate surface area is 183 Å². The Balaban J connectivity index is 1.98. The summed E-state index contributed by atoms with van der Waals surface area (Å²) >= 11 is 0. The molecule has 2 N–H and O–H groups in total. The molecule has 0 amide bonds. The third kappa shape index (κ3) is 3.93. The molecule has 5 heteroatoms. The third-order valence-corrected chi connectivity index (χ3v) is 6.35. The van der Waals surface area contributed by atoms with E-state index in [2.05, 4.69) is 90.5 Å². The minimum atomic E-state index is -0.247. The highest BCUT2D eigenvalue weighted by Gasteiger charge is 2.29. The second-order valence-electron chi connectivity index (χ2n) is 8.48. The molecule has 0 atom stereocenters. The first-order valence-corrected chi connectivity index (χ1v) is 10.9. The van der Waals surface area contributed by atoms with Crippen LogP contribution >= 0.6 is 0 Å². The van der Waals surface area contributed by atoms with Crippen molar-refractivity contribution in [3.8, 4) is 16.9 Å². The van der Waals surface area contributed by atoms with E-state index in [-0.39, 0.29) is 5.41 Å². The number of hydrogen-bond acceptors (Lipinski definition) is 4. The smallest absolute Gasteiger partial charge is 0.120 e. The zero-order valence-corrected chi connectivity index (χ0v) is 18.7. The number of rotatable bonds is 7. The zero-order chi connectivity index (χ0) is 22.0. The summed E-state index contributed by atoms with van der Waals surface area (Å²) in [5.41, 5.74) is 6.98. The maximum absolute atomic E-state index is 11.0. The average molecular weight is 415 g/mol. The lowest BCUT2D eigenvalue weighted by Crippen LogP contribution is -2.25. The molecule has 3 aromatic carbocycles. The van der Waals surface area contributed by atoms with Gasteiger partial charge in [0.05, 0.1) is 5.52 Å². The first-order chi connectivity index (χ1) is 15.0. The summed E-state index contributed by atoms with van der Waals surface area (Å²) in [4.78, 5) is 2.33. The van der Waals surface area contributed by atoms with Gasteiger partial charge in [-0.15, -0.1) is 5.10 Å². The molecule has 0 saturated heterocycles. The molecule has 0 saturated carbocycles. The fourth-order valence-electron chi connectivity index (χ4n) is 4.33. The van der Waals surface area contributed by atoms with Crippen LogP contribution in [0.4, 0.5) is 0 Å². The lowest BCUT2D eigenvalue weighted by atomic mass is 9.73. The number of hydrogen-bond donors (Lipinski definition) is 2. The molecular formula is C26H30N4O. The number of aromatic hydroxyl groups is 1. The van der Waals surface area contributed by atoms with E-state index in [1.807, 2.05) is 18.2 Å². The largest absolute Gasteiger partial charge is 0.508 e. The van der Waals surface area contributed by atoms with Gasteiger partial charge in [0.15, 0.2) is 0 Å². The van der Waals surface area contributed by atoms with Gasteiger partial charge in [-0.1, -0.05) is 75.4 Å². The van der Waals surface area contributed by atoms with Crippen molar-refractivity contribution >= 4 is 11.0 Å². The minimum absolute atomic E-state index is 0.247.